The van der Waals surface area contributed by atoms with E-state index in [1.807, 2.05) is 6.07 Å². The SMILES string of the molecule is CC(C)N(CCO)CC(CBr)c1ccccc1. The number of halogens is 1. The fourth-order valence-corrected chi connectivity index (χ4v) is 2.52. The molecule has 0 aliphatic carbocycles. The number of benzene rings is 1. The van der Waals surface area contributed by atoms with Crippen molar-refractivity contribution in [2.24, 2.45) is 0 Å². The predicted octanol–water partition coefficient (Wildman–Crippen LogP) is 2.87. The van der Waals surface area contributed by atoms with Crippen LogP contribution in [0, 0.1) is 0 Å². The molecule has 3 heteroatoms. The molecule has 0 fully saturated rings. The van der Waals surface area contributed by atoms with Gasteiger partial charge in [-0.05, 0) is 19.4 Å². The topological polar surface area (TPSA) is 23.5 Å². The Kier molecular flexibility index (Phi) is 6.78. The van der Waals surface area contributed by atoms with E-state index >= 15 is 0 Å². The van der Waals surface area contributed by atoms with E-state index in [1.54, 1.807) is 0 Å². The Morgan fingerprint density at radius 1 is 1.24 bits per heavy atom. The van der Waals surface area contributed by atoms with E-state index in [1.165, 1.54) is 5.56 Å². The highest BCUT2D eigenvalue weighted by molar-refractivity contribution is 9.09. The molecule has 1 aromatic carbocycles. The van der Waals surface area contributed by atoms with Crippen LogP contribution in [0.1, 0.15) is 25.3 Å². The summed E-state index contributed by atoms with van der Waals surface area (Å²) in [7, 11) is 0. The molecule has 0 heterocycles. The van der Waals surface area contributed by atoms with Crippen LogP contribution < -0.4 is 0 Å². The second-order valence-electron chi connectivity index (χ2n) is 4.57. The summed E-state index contributed by atoms with van der Waals surface area (Å²) in [5.74, 6) is 0.477. The molecule has 0 spiro atoms. The maximum Gasteiger partial charge on any atom is 0.0558 e. The molecule has 0 aliphatic heterocycles. The summed E-state index contributed by atoms with van der Waals surface area (Å²) in [4.78, 5) is 2.32. The summed E-state index contributed by atoms with van der Waals surface area (Å²) in [6, 6.07) is 11.0. The van der Waals surface area contributed by atoms with Gasteiger partial charge in [0.05, 0.1) is 6.61 Å². The number of nitrogens with zero attached hydrogens (tertiary/aromatic N) is 1. The van der Waals surface area contributed by atoms with E-state index in [4.69, 9.17) is 5.11 Å². The van der Waals surface area contributed by atoms with Crippen molar-refractivity contribution < 1.29 is 5.11 Å². The third-order valence-electron chi connectivity index (χ3n) is 3.03. The van der Waals surface area contributed by atoms with Gasteiger partial charge in [-0.1, -0.05) is 46.3 Å². The number of aliphatic hydroxyl groups excluding tert-OH is 1. The second kappa shape index (κ2) is 7.85. The van der Waals surface area contributed by atoms with Crippen molar-refractivity contribution in [2.45, 2.75) is 25.8 Å². The molecule has 0 bridgehead atoms. The highest BCUT2D eigenvalue weighted by Crippen LogP contribution is 2.20. The lowest BCUT2D eigenvalue weighted by atomic mass is 10.00. The van der Waals surface area contributed by atoms with Gasteiger partial charge in [-0.2, -0.15) is 0 Å². The molecule has 0 saturated heterocycles. The number of hydrogen-bond acceptors (Lipinski definition) is 2. The van der Waals surface area contributed by atoms with Gasteiger partial charge in [0, 0.05) is 30.4 Å². The minimum Gasteiger partial charge on any atom is -0.395 e. The average molecular weight is 300 g/mol. The van der Waals surface area contributed by atoms with Crippen LogP contribution in [-0.4, -0.2) is 41.1 Å². The molecule has 17 heavy (non-hydrogen) atoms. The van der Waals surface area contributed by atoms with Crippen molar-refractivity contribution in [1.82, 2.24) is 4.90 Å². The Balaban J connectivity index is 2.68. The number of alkyl halides is 1. The number of rotatable bonds is 7. The Bertz CT molecular complexity index is 302. The van der Waals surface area contributed by atoms with Gasteiger partial charge in [-0.15, -0.1) is 0 Å². The van der Waals surface area contributed by atoms with Crippen LogP contribution in [0.2, 0.25) is 0 Å². The average Bonchev–Trinajstić information content (AvgIpc) is 2.35. The van der Waals surface area contributed by atoms with Crippen LogP contribution in [0.25, 0.3) is 0 Å². The van der Waals surface area contributed by atoms with E-state index in [0.717, 1.165) is 18.4 Å². The largest absolute Gasteiger partial charge is 0.395 e. The molecule has 1 rings (SSSR count). The summed E-state index contributed by atoms with van der Waals surface area (Å²) in [6.45, 7) is 6.29. The van der Waals surface area contributed by atoms with Crippen molar-refractivity contribution >= 4 is 15.9 Å². The van der Waals surface area contributed by atoms with Crippen molar-refractivity contribution in [2.75, 3.05) is 25.0 Å². The molecule has 0 aromatic heterocycles. The molecular weight excluding hydrogens is 278 g/mol. The molecule has 0 aliphatic rings. The molecule has 2 nitrogen and oxygen atoms in total. The molecule has 1 aromatic rings. The zero-order valence-corrected chi connectivity index (χ0v) is 12.2. The molecule has 0 saturated carbocycles. The maximum atomic E-state index is 9.09. The first kappa shape index (κ1) is 14.7. The first-order valence-electron chi connectivity index (χ1n) is 6.14. The quantitative estimate of drug-likeness (QED) is 0.783. The third kappa shape index (κ3) is 4.78. The molecule has 96 valence electrons. The zero-order chi connectivity index (χ0) is 12.7. The third-order valence-corrected chi connectivity index (χ3v) is 3.81. The predicted molar refractivity (Wildman–Crippen MR) is 76.8 cm³/mol. The van der Waals surface area contributed by atoms with Gasteiger partial charge in [0.1, 0.15) is 0 Å². The molecule has 0 amide bonds. The summed E-state index contributed by atoms with van der Waals surface area (Å²) in [5.41, 5.74) is 1.35. The van der Waals surface area contributed by atoms with Crippen molar-refractivity contribution in [3.05, 3.63) is 35.9 Å². The van der Waals surface area contributed by atoms with E-state index in [2.05, 4.69) is 58.9 Å². The molecule has 1 atom stereocenters. The highest BCUT2D eigenvalue weighted by atomic mass is 79.9. The molecular formula is C14H22BrNO. The van der Waals surface area contributed by atoms with E-state index in [9.17, 15) is 0 Å². The fraction of sp³-hybridized carbons (Fsp3) is 0.571. The van der Waals surface area contributed by atoms with E-state index in [0.29, 0.717) is 12.0 Å². The van der Waals surface area contributed by atoms with Gasteiger partial charge in [-0.25, -0.2) is 0 Å². The summed E-state index contributed by atoms with van der Waals surface area (Å²) in [5, 5.41) is 10.0. The second-order valence-corrected chi connectivity index (χ2v) is 5.22. The summed E-state index contributed by atoms with van der Waals surface area (Å²) < 4.78 is 0. The fourth-order valence-electron chi connectivity index (χ4n) is 1.94. The lowest BCUT2D eigenvalue weighted by molar-refractivity contribution is 0.160. The van der Waals surface area contributed by atoms with Crippen LogP contribution in [0.3, 0.4) is 0 Å². The van der Waals surface area contributed by atoms with Crippen LogP contribution in [0.4, 0.5) is 0 Å². The molecule has 1 unspecified atom stereocenters. The standard InChI is InChI=1S/C14H22BrNO/c1-12(2)16(8-9-17)11-14(10-15)13-6-4-3-5-7-13/h3-7,12,14,17H,8-11H2,1-2H3. The van der Waals surface area contributed by atoms with Crippen LogP contribution in [0.5, 0.6) is 0 Å². The van der Waals surface area contributed by atoms with Gasteiger partial charge in [-0.3, -0.25) is 4.90 Å². The van der Waals surface area contributed by atoms with Gasteiger partial charge in [0.15, 0.2) is 0 Å². The van der Waals surface area contributed by atoms with Gasteiger partial charge in [0.2, 0.25) is 0 Å². The van der Waals surface area contributed by atoms with Gasteiger partial charge >= 0.3 is 0 Å². The minimum absolute atomic E-state index is 0.224. The first-order valence-corrected chi connectivity index (χ1v) is 7.27. The maximum absolute atomic E-state index is 9.09. The van der Waals surface area contributed by atoms with Crippen molar-refractivity contribution in [3.63, 3.8) is 0 Å². The van der Waals surface area contributed by atoms with Crippen molar-refractivity contribution in [1.29, 1.82) is 0 Å². The van der Waals surface area contributed by atoms with Gasteiger partial charge < -0.3 is 5.11 Å². The van der Waals surface area contributed by atoms with E-state index < -0.39 is 0 Å². The van der Waals surface area contributed by atoms with Crippen LogP contribution >= 0.6 is 15.9 Å². The van der Waals surface area contributed by atoms with E-state index in [-0.39, 0.29) is 6.61 Å². The Hall–Kier alpha value is -0.380. The minimum atomic E-state index is 0.224. The highest BCUT2D eigenvalue weighted by Gasteiger charge is 2.16. The number of aliphatic hydroxyl groups is 1. The van der Waals surface area contributed by atoms with Crippen molar-refractivity contribution in [3.8, 4) is 0 Å². The Labute approximate surface area is 113 Å². The zero-order valence-electron chi connectivity index (χ0n) is 10.6. The Morgan fingerprint density at radius 3 is 2.35 bits per heavy atom. The lowest BCUT2D eigenvalue weighted by Gasteiger charge is -2.29. The summed E-state index contributed by atoms with van der Waals surface area (Å²) >= 11 is 3.59. The molecule has 0 radical (unpaired) electrons. The van der Waals surface area contributed by atoms with Crippen LogP contribution in [-0.2, 0) is 0 Å². The number of hydrogen-bond donors (Lipinski definition) is 1. The first-order chi connectivity index (χ1) is 8.19. The van der Waals surface area contributed by atoms with Gasteiger partial charge in [0.25, 0.3) is 0 Å². The Morgan fingerprint density at radius 2 is 1.88 bits per heavy atom. The lowest BCUT2D eigenvalue weighted by Crippen LogP contribution is -2.37. The summed E-state index contributed by atoms with van der Waals surface area (Å²) in [6.07, 6.45) is 0. The monoisotopic (exact) mass is 299 g/mol. The normalized spacial score (nSPS) is 13.3. The van der Waals surface area contributed by atoms with Crippen LogP contribution in [0.15, 0.2) is 30.3 Å². The molecule has 1 N–H and O–H groups in total. The smallest absolute Gasteiger partial charge is 0.0558 e.